The normalized spacial score (nSPS) is 13.6. The second-order valence-corrected chi connectivity index (χ2v) is 7.56. The summed E-state index contributed by atoms with van der Waals surface area (Å²) in [7, 11) is 0. The Bertz CT molecular complexity index is 762. The van der Waals surface area contributed by atoms with E-state index in [0.29, 0.717) is 35.8 Å². The average molecular weight is 426 g/mol. The Kier molecular flexibility index (Phi) is 5.90. The number of amides is 1. The van der Waals surface area contributed by atoms with Crippen LogP contribution in [0, 0.1) is 0 Å². The van der Waals surface area contributed by atoms with Crippen LogP contribution in [-0.4, -0.2) is 29.3 Å². The van der Waals surface area contributed by atoms with Gasteiger partial charge in [-0.05, 0) is 44.4 Å². The molecular weight excluding hydrogens is 406 g/mol. The molecule has 1 aliphatic carbocycles. The van der Waals surface area contributed by atoms with Crippen LogP contribution >= 0.6 is 27.3 Å². The molecule has 0 atom stereocenters. The summed E-state index contributed by atoms with van der Waals surface area (Å²) in [5, 5.41) is 12.6. The Morgan fingerprint density at radius 2 is 1.92 bits per heavy atom. The number of aromatic nitrogens is 2. The van der Waals surface area contributed by atoms with Crippen LogP contribution in [0.4, 0.5) is 5.13 Å². The van der Waals surface area contributed by atoms with E-state index in [1.807, 2.05) is 26.0 Å². The zero-order valence-corrected chi connectivity index (χ0v) is 16.6. The van der Waals surface area contributed by atoms with Gasteiger partial charge in [0.1, 0.15) is 5.01 Å². The van der Waals surface area contributed by atoms with E-state index in [2.05, 4.69) is 31.4 Å². The number of hydrogen-bond acceptors (Lipinski definition) is 6. The zero-order valence-electron chi connectivity index (χ0n) is 14.2. The highest BCUT2D eigenvalue weighted by molar-refractivity contribution is 9.10. The predicted octanol–water partition coefficient (Wildman–Crippen LogP) is 4.16. The van der Waals surface area contributed by atoms with E-state index in [1.54, 1.807) is 0 Å². The minimum atomic E-state index is -0.134. The molecule has 1 aromatic carbocycles. The summed E-state index contributed by atoms with van der Waals surface area (Å²) < 4.78 is 12.0. The lowest BCUT2D eigenvalue weighted by molar-refractivity contribution is -0.115. The van der Waals surface area contributed by atoms with Crippen LogP contribution in [-0.2, 0) is 11.2 Å². The van der Waals surface area contributed by atoms with Crippen molar-refractivity contribution in [1.82, 2.24) is 10.2 Å². The van der Waals surface area contributed by atoms with E-state index in [0.717, 1.165) is 15.0 Å². The Labute approximate surface area is 159 Å². The van der Waals surface area contributed by atoms with Crippen LogP contribution in [0.1, 0.15) is 43.2 Å². The summed E-state index contributed by atoms with van der Waals surface area (Å²) in [6.07, 6.45) is 2.55. The number of nitrogens with one attached hydrogen (secondary N) is 1. The number of nitrogens with zero attached hydrogens (tertiary/aromatic N) is 2. The highest BCUT2D eigenvalue weighted by atomic mass is 79.9. The van der Waals surface area contributed by atoms with Gasteiger partial charge in [0.2, 0.25) is 11.0 Å². The van der Waals surface area contributed by atoms with Crippen molar-refractivity contribution >= 4 is 38.3 Å². The van der Waals surface area contributed by atoms with Crippen LogP contribution in [0.25, 0.3) is 0 Å². The molecule has 0 spiro atoms. The molecule has 3 rings (SSSR count). The standard InChI is InChI=1S/C17H20BrN3O3S/c1-3-23-13-7-11(12(18)9-14(13)24-4-2)8-15(22)19-17-21-20-16(25-17)10-5-6-10/h7,9-10H,3-6,8H2,1-2H3,(H,19,21,22). The first-order valence-corrected chi connectivity index (χ1v) is 9.92. The fourth-order valence-electron chi connectivity index (χ4n) is 2.37. The summed E-state index contributed by atoms with van der Waals surface area (Å²) >= 11 is 4.96. The lowest BCUT2D eigenvalue weighted by atomic mass is 10.1. The second-order valence-electron chi connectivity index (χ2n) is 5.70. The van der Waals surface area contributed by atoms with E-state index in [1.165, 1.54) is 24.2 Å². The molecular formula is C17H20BrN3O3S. The summed E-state index contributed by atoms with van der Waals surface area (Å²) in [5.41, 5.74) is 0.830. The van der Waals surface area contributed by atoms with Crippen molar-refractivity contribution in [2.75, 3.05) is 18.5 Å². The number of ether oxygens (including phenoxy) is 2. The molecule has 1 N–H and O–H groups in total. The lowest BCUT2D eigenvalue weighted by Crippen LogP contribution is -2.14. The molecule has 2 aromatic rings. The van der Waals surface area contributed by atoms with Gasteiger partial charge in [-0.2, -0.15) is 0 Å². The largest absolute Gasteiger partial charge is 0.490 e. The SMILES string of the molecule is CCOc1cc(Br)c(CC(=O)Nc2nnc(C3CC3)s2)cc1OCC. The van der Waals surface area contributed by atoms with Gasteiger partial charge in [0.15, 0.2) is 11.5 Å². The Balaban J connectivity index is 1.69. The number of halogens is 1. The molecule has 1 fully saturated rings. The third-order valence-electron chi connectivity index (χ3n) is 3.68. The number of carbonyl (C=O) groups is 1. The molecule has 8 heteroatoms. The van der Waals surface area contributed by atoms with Crippen molar-refractivity contribution in [2.24, 2.45) is 0 Å². The maximum atomic E-state index is 12.3. The molecule has 6 nitrogen and oxygen atoms in total. The average Bonchev–Trinajstić information content (AvgIpc) is 3.32. The van der Waals surface area contributed by atoms with E-state index in [-0.39, 0.29) is 12.3 Å². The van der Waals surface area contributed by atoms with Gasteiger partial charge in [0, 0.05) is 10.4 Å². The van der Waals surface area contributed by atoms with Gasteiger partial charge in [-0.3, -0.25) is 4.79 Å². The first-order chi connectivity index (χ1) is 12.1. The first-order valence-electron chi connectivity index (χ1n) is 8.32. The monoisotopic (exact) mass is 425 g/mol. The number of rotatable bonds is 8. The number of hydrogen-bond donors (Lipinski definition) is 1. The van der Waals surface area contributed by atoms with Gasteiger partial charge in [-0.1, -0.05) is 27.3 Å². The van der Waals surface area contributed by atoms with Crippen molar-refractivity contribution in [3.8, 4) is 11.5 Å². The maximum Gasteiger partial charge on any atom is 0.230 e. The summed E-state index contributed by atoms with van der Waals surface area (Å²) in [6.45, 7) is 4.91. The van der Waals surface area contributed by atoms with Crippen LogP contribution in [0.3, 0.4) is 0 Å². The third-order valence-corrected chi connectivity index (χ3v) is 5.42. The van der Waals surface area contributed by atoms with Gasteiger partial charge >= 0.3 is 0 Å². The predicted molar refractivity (Wildman–Crippen MR) is 101 cm³/mol. The van der Waals surface area contributed by atoms with Gasteiger partial charge in [-0.25, -0.2) is 0 Å². The molecule has 0 unspecified atom stereocenters. The van der Waals surface area contributed by atoms with E-state index >= 15 is 0 Å². The fourth-order valence-corrected chi connectivity index (χ4v) is 3.76. The molecule has 0 bridgehead atoms. The quantitative estimate of drug-likeness (QED) is 0.687. The smallest absolute Gasteiger partial charge is 0.230 e. The maximum absolute atomic E-state index is 12.3. The van der Waals surface area contributed by atoms with E-state index in [9.17, 15) is 4.79 Å². The molecule has 0 radical (unpaired) electrons. The highest BCUT2D eigenvalue weighted by Crippen LogP contribution is 2.42. The van der Waals surface area contributed by atoms with Gasteiger partial charge < -0.3 is 14.8 Å². The van der Waals surface area contributed by atoms with Crippen molar-refractivity contribution in [3.63, 3.8) is 0 Å². The zero-order chi connectivity index (χ0) is 17.8. The van der Waals surface area contributed by atoms with E-state index < -0.39 is 0 Å². The molecule has 25 heavy (non-hydrogen) atoms. The number of carbonyl (C=O) groups excluding carboxylic acids is 1. The number of anilines is 1. The first kappa shape index (κ1) is 18.1. The molecule has 1 aliphatic rings. The summed E-state index contributed by atoms with van der Waals surface area (Å²) in [4.78, 5) is 12.3. The third kappa shape index (κ3) is 4.70. The molecule has 1 aromatic heterocycles. The Hall–Kier alpha value is -1.67. The molecule has 1 amide bonds. The van der Waals surface area contributed by atoms with Crippen molar-refractivity contribution < 1.29 is 14.3 Å². The van der Waals surface area contributed by atoms with Crippen LogP contribution in [0.15, 0.2) is 16.6 Å². The number of benzene rings is 1. The minimum Gasteiger partial charge on any atom is -0.490 e. The highest BCUT2D eigenvalue weighted by Gasteiger charge is 2.27. The Morgan fingerprint density at radius 1 is 1.24 bits per heavy atom. The van der Waals surface area contributed by atoms with Crippen LogP contribution in [0.5, 0.6) is 11.5 Å². The van der Waals surface area contributed by atoms with Crippen LogP contribution in [0.2, 0.25) is 0 Å². The molecule has 0 aliphatic heterocycles. The minimum absolute atomic E-state index is 0.134. The molecule has 0 saturated heterocycles. The molecule has 1 saturated carbocycles. The fraction of sp³-hybridized carbons (Fsp3) is 0.471. The molecule has 1 heterocycles. The Morgan fingerprint density at radius 3 is 2.56 bits per heavy atom. The van der Waals surface area contributed by atoms with Crippen LogP contribution < -0.4 is 14.8 Å². The van der Waals surface area contributed by atoms with Crippen molar-refractivity contribution in [3.05, 3.63) is 27.2 Å². The van der Waals surface area contributed by atoms with Crippen molar-refractivity contribution in [1.29, 1.82) is 0 Å². The second kappa shape index (κ2) is 8.14. The van der Waals surface area contributed by atoms with Gasteiger partial charge in [-0.15, -0.1) is 10.2 Å². The topological polar surface area (TPSA) is 73.3 Å². The summed E-state index contributed by atoms with van der Waals surface area (Å²) in [5.74, 6) is 1.71. The van der Waals surface area contributed by atoms with Gasteiger partial charge in [0.25, 0.3) is 0 Å². The van der Waals surface area contributed by atoms with Gasteiger partial charge in [0.05, 0.1) is 19.6 Å². The van der Waals surface area contributed by atoms with E-state index in [4.69, 9.17) is 9.47 Å². The molecule has 134 valence electrons. The summed E-state index contributed by atoms with van der Waals surface area (Å²) in [6, 6.07) is 3.68. The van der Waals surface area contributed by atoms with Crippen molar-refractivity contribution in [2.45, 2.75) is 39.0 Å². The lowest BCUT2D eigenvalue weighted by Gasteiger charge is -2.14.